The molecule has 0 amide bonds. The van der Waals surface area contributed by atoms with Crippen LogP contribution in [-0.4, -0.2) is 28.8 Å². The first-order chi connectivity index (χ1) is 7.53. The summed E-state index contributed by atoms with van der Waals surface area (Å²) in [5.41, 5.74) is 0.459. The maximum absolute atomic E-state index is 11.0. The molecule has 0 aromatic heterocycles. The van der Waals surface area contributed by atoms with Gasteiger partial charge in [0.2, 0.25) is 0 Å². The second-order valence-electron chi connectivity index (χ2n) is 6.09. The fourth-order valence-electron chi connectivity index (χ4n) is 3.92. The molecule has 0 aromatic rings. The van der Waals surface area contributed by atoms with Crippen molar-refractivity contribution in [3.05, 3.63) is 0 Å². The molecule has 0 spiro atoms. The summed E-state index contributed by atoms with van der Waals surface area (Å²) < 4.78 is 11.0. The summed E-state index contributed by atoms with van der Waals surface area (Å²) in [6.45, 7) is 5.72. The van der Waals surface area contributed by atoms with Crippen molar-refractivity contribution in [1.82, 2.24) is 5.32 Å². The molecule has 0 aromatic carbocycles. The Morgan fingerprint density at radius 2 is 2.00 bits per heavy atom. The predicted octanol–water partition coefficient (Wildman–Crippen LogP) is 2.17. The molecule has 4 atom stereocenters. The van der Waals surface area contributed by atoms with Crippen molar-refractivity contribution in [3.8, 4) is 0 Å². The first-order valence-electron chi connectivity index (χ1n) is 6.57. The maximum Gasteiger partial charge on any atom is 0.0357 e. The zero-order chi connectivity index (χ0) is 11.8. The maximum atomic E-state index is 11.0. The summed E-state index contributed by atoms with van der Waals surface area (Å²) in [6, 6.07) is 0.668. The van der Waals surface area contributed by atoms with E-state index in [4.69, 9.17) is 0 Å². The Kier molecular flexibility index (Phi) is 3.75. The van der Waals surface area contributed by atoms with Crippen molar-refractivity contribution in [2.75, 3.05) is 18.6 Å². The normalized spacial score (nSPS) is 38.6. The van der Waals surface area contributed by atoms with Gasteiger partial charge in [0, 0.05) is 35.4 Å². The minimum atomic E-state index is -0.657. The third-order valence-corrected chi connectivity index (χ3v) is 5.54. The highest BCUT2D eigenvalue weighted by Crippen LogP contribution is 2.56. The smallest absolute Gasteiger partial charge is 0.0357 e. The number of hydrogen-bond donors (Lipinski definition) is 1. The predicted molar refractivity (Wildman–Crippen MR) is 70.0 cm³/mol. The standard InChI is InChI=1S/C13H25NOS/c1-13(2)11-7-5-4-6-10(11)12(13)14-8-9-16(3)15/h10-12,14H,4-9H2,1-3H3/t10-,11+,12?,16?/m1/s1. The van der Waals surface area contributed by atoms with Crippen LogP contribution >= 0.6 is 0 Å². The number of nitrogens with one attached hydrogen (secondary N) is 1. The third kappa shape index (κ3) is 2.21. The zero-order valence-corrected chi connectivity index (χ0v) is 11.6. The molecule has 2 saturated carbocycles. The Bertz CT molecular complexity index is 277. The Labute approximate surface area is 102 Å². The van der Waals surface area contributed by atoms with Crippen molar-refractivity contribution in [2.45, 2.75) is 45.6 Å². The second-order valence-corrected chi connectivity index (χ2v) is 7.64. The van der Waals surface area contributed by atoms with E-state index in [1.165, 1.54) is 25.7 Å². The molecule has 2 nitrogen and oxygen atoms in total. The molecule has 0 radical (unpaired) electrons. The quantitative estimate of drug-likeness (QED) is 0.820. The van der Waals surface area contributed by atoms with Gasteiger partial charge in [-0.05, 0) is 30.1 Å². The van der Waals surface area contributed by atoms with E-state index < -0.39 is 10.8 Å². The van der Waals surface area contributed by atoms with Crippen LogP contribution < -0.4 is 5.32 Å². The summed E-state index contributed by atoms with van der Waals surface area (Å²) in [5, 5.41) is 3.65. The van der Waals surface area contributed by atoms with E-state index in [9.17, 15) is 4.21 Å². The molecule has 2 unspecified atom stereocenters. The molecule has 94 valence electrons. The third-order valence-electron chi connectivity index (χ3n) is 4.76. The Hall–Kier alpha value is 0.110. The van der Waals surface area contributed by atoms with Gasteiger partial charge in [-0.2, -0.15) is 0 Å². The largest absolute Gasteiger partial charge is 0.312 e. The minimum Gasteiger partial charge on any atom is -0.312 e. The first kappa shape index (κ1) is 12.6. The van der Waals surface area contributed by atoms with Crippen molar-refractivity contribution < 1.29 is 4.21 Å². The lowest BCUT2D eigenvalue weighted by molar-refractivity contribution is -0.0865. The van der Waals surface area contributed by atoms with Crippen LogP contribution in [0.2, 0.25) is 0 Å². The van der Waals surface area contributed by atoms with Crippen LogP contribution in [0.15, 0.2) is 0 Å². The van der Waals surface area contributed by atoms with Gasteiger partial charge in [0.15, 0.2) is 0 Å². The van der Waals surface area contributed by atoms with E-state index in [0.29, 0.717) is 11.5 Å². The molecule has 2 rings (SSSR count). The fraction of sp³-hybridized carbons (Fsp3) is 1.00. The lowest BCUT2D eigenvalue weighted by atomic mass is 9.48. The summed E-state index contributed by atoms with van der Waals surface area (Å²) in [4.78, 5) is 0. The molecule has 1 N–H and O–H groups in total. The summed E-state index contributed by atoms with van der Waals surface area (Å²) in [7, 11) is -0.657. The van der Waals surface area contributed by atoms with Gasteiger partial charge in [-0.15, -0.1) is 0 Å². The number of rotatable bonds is 4. The average molecular weight is 243 g/mol. The molecule has 0 saturated heterocycles. The molecular weight excluding hydrogens is 218 g/mol. The lowest BCUT2D eigenvalue weighted by Gasteiger charge is -2.61. The van der Waals surface area contributed by atoms with Gasteiger partial charge in [-0.25, -0.2) is 0 Å². The van der Waals surface area contributed by atoms with E-state index in [0.717, 1.165) is 24.1 Å². The first-order valence-corrected chi connectivity index (χ1v) is 8.29. The highest BCUT2D eigenvalue weighted by molar-refractivity contribution is 7.84. The van der Waals surface area contributed by atoms with E-state index >= 15 is 0 Å². The molecule has 2 aliphatic carbocycles. The van der Waals surface area contributed by atoms with Gasteiger partial charge < -0.3 is 5.32 Å². The minimum absolute atomic E-state index is 0.459. The SMILES string of the molecule is CS(=O)CCNC1[C@@H]2CCCC[C@@H]2C1(C)C. The topological polar surface area (TPSA) is 29.1 Å². The van der Waals surface area contributed by atoms with Crippen molar-refractivity contribution in [3.63, 3.8) is 0 Å². The van der Waals surface area contributed by atoms with Gasteiger partial charge in [0.1, 0.15) is 0 Å². The Balaban J connectivity index is 1.86. The second kappa shape index (κ2) is 4.77. The van der Waals surface area contributed by atoms with Crippen LogP contribution in [0.5, 0.6) is 0 Å². The van der Waals surface area contributed by atoms with E-state index in [2.05, 4.69) is 19.2 Å². The van der Waals surface area contributed by atoms with Crippen molar-refractivity contribution in [1.29, 1.82) is 0 Å². The average Bonchev–Trinajstić information content (AvgIpc) is 2.24. The Morgan fingerprint density at radius 1 is 1.31 bits per heavy atom. The van der Waals surface area contributed by atoms with Gasteiger partial charge in [-0.3, -0.25) is 4.21 Å². The Morgan fingerprint density at radius 3 is 2.69 bits per heavy atom. The van der Waals surface area contributed by atoms with Crippen molar-refractivity contribution in [2.24, 2.45) is 17.3 Å². The molecule has 3 heteroatoms. The number of fused-ring (bicyclic) bond motifs is 1. The van der Waals surface area contributed by atoms with Crippen LogP contribution in [0.25, 0.3) is 0 Å². The molecule has 16 heavy (non-hydrogen) atoms. The molecule has 0 bridgehead atoms. The fourth-order valence-corrected chi connectivity index (χ4v) is 4.32. The van der Waals surface area contributed by atoms with Crippen LogP contribution in [0.4, 0.5) is 0 Å². The van der Waals surface area contributed by atoms with Crippen LogP contribution in [0, 0.1) is 17.3 Å². The summed E-state index contributed by atoms with van der Waals surface area (Å²) in [6.07, 6.45) is 7.46. The van der Waals surface area contributed by atoms with E-state index in [1.54, 1.807) is 6.26 Å². The highest BCUT2D eigenvalue weighted by atomic mass is 32.2. The van der Waals surface area contributed by atoms with E-state index in [-0.39, 0.29) is 0 Å². The van der Waals surface area contributed by atoms with Crippen LogP contribution in [-0.2, 0) is 10.8 Å². The monoisotopic (exact) mass is 243 g/mol. The van der Waals surface area contributed by atoms with Gasteiger partial charge in [0.25, 0.3) is 0 Å². The van der Waals surface area contributed by atoms with Gasteiger partial charge in [0.05, 0.1) is 0 Å². The van der Waals surface area contributed by atoms with Crippen LogP contribution in [0.3, 0.4) is 0 Å². The molecule has 2 fully saturated rings. The lowest BCUT2D eigenvalue weighted by Crippen LogP contribution is -2.65. The summed E-state index contributed by atoms with van der Waals surface area (Å²) >= 11 is 0. The zero-order valence-electron chi connectivity index (χ0n) is 10.8. The molecule has 0 aliphatic heterocycles. The van der Waals surface area contributed by atoms with Gasteiger partial charge in [-0.1, -0.05) is 26.7 Å². The molecule has 2 aliphatic rings. The number of hydrogen-bond acceptors (Lipinski definition) is 2. The summed E-state index contributed by atoms with van der Waals surface area (Å²) in [5.74, 6) is 2.63. The molecular formula is C13H25NOS. The van der Waals surface area contributed by atoms with Crippen LogP contribution in [0.1, 0.15) is 39.5 Å². The molecule has 0 heterocycles. The van der Waals surface area contributed by atoms with Crippen molar-refractivity contribution >= 4 is 10.8 Å². The van der Waals surface area contributed by atoms with E-state index in [1.807, 2.05) is 0 Å². The van der Waals surface area contributed by atoms with Gasteiger partial charge >= 0.3 is 0 Å². The highest BCUT2D eigenvalue weighted by Gasteiger charge is 2.55.